The van der Waals surface area contributed by atoms with Crippen molar-refractivity contribution >= 4 is 17.9 Å². The molecule has 0 aromatic heterocycles. The number of likely N-dealkylation sites (tertiary alicyclic amines) is 1. The van der Waals surface area contributed by atoms with E-state index in [1.165, 1.54) is 7.11 Å². The lowest BCUT2D eigenvalue weighted by Gasteiger charge is -2.31. The van der Waals surface area contributed by atoms with E-state index in [1.807, 2.05) is 0 Å². The second-order valence-corrected chi connectivity index (χ2v) is 6.24. The summed E-state index contributed by atoms with van der Waals surface area (Å²) >= 11 is 0. The summed E-state index contributed by atoms with van der Waals surface area (Å²) in [5, 5.41) is 5.39. The standard InChI is InChI=1S/C19H27N3O6/c1-3-27-19(25)22-10-8-14(9-11-22)21-17(23)12-20-18(24)13-28-16-7-5-4-6-15(16)26-2/h4-7,14H,3,8-13H2,1-2H3,(H,20,24)(H,21,23). The van der Waals surface area contributed by atoms with Crippen LogP contribution in [-0.4, -0.2) is 68.8 Å². The molecular formula is C19H27N3O6. The molecule has 1 fully saturated rings. The lowest BCUT2D eigenvalue weighted by Crippen LogP contribution is -2.49. The highest BCUT2D eigenvalue weighted by atomic mass is 16.6. The highest BCUT2D eigenvalue weighted by Gasteiger charge is 2.24. The van der Waals surface area contributed by atoms with Gasteiger partial charge in [0, 0.05) is 19.1 Å². The van der Waals surface area contributed by atoms with Crippen molar-refractivity contribution in [3.8, 4) is 11.5 Å². The van der Waals surface area contributed by atoms with E-state index in [-0.39, 0.29) is 31.2 Å². The molecule has 9 nitrogen and oxygen atoms in total. The fourth-order valence-electron chi connectivity index (χ4n) is 2.81. The quantitative estimate of drug-likeness (QED) is 0.681. The van der Waals surface area contributed by atoms with E-state index in [2.05, 4.69) is 10.6 Å². The number of nitrogens with one attached hydrogen (secondary N) is 2. The lowest BCUT2D eigenvalue weighted by molar-refractivity contribution is -0.127. The number of para-hydroxylation sites is 2. The van der Waals surface area contributed by atoms with Crippen LogP contribution >= 0.6 is 0 Å². The number of piperidine rings is 1. The molecule has 1 aromatic rings. The van der Waals surface area contributed by atoms with Crippen molar-refractivity contribution in [2.45, 2.75) is 25.8 Å². The van der Waals surface area contributed by atoms with Gasteiger partial charge in [-0.3, -0.25) is 9.59 Å². The molecule has 1 saturated heterocycles. The molecule has 0 spiro atoms. The molecule has 0 aliphatic carbocycles. The number of ether oxygens (including phenoxy) is 3. The first-order valence-electron chi connectivity index (χ1n) is 9.27. The summed E-state index contributed by atoms with van der Waals surface area (Å²) in [6, 6.07) is 6.97. The largest absolute Gasteiger partial charge is 0.493 e. The minimum absolute atomic E-state index is 0.0279. The van der Waals surface area contributed by atoms with Gasteiger partial charge in [0.05, 0.1) is 20.3 Å². The van der Waals surface area contributed by atoms with E-state index in [9.17, 15) is 14.4 Å². The summed E-state index contributed by atoms with van der Waals surface area (Å²) < 4.78 is 15.5. The number of rotatable bonds is 8. The molecule has 1 heterocycles. The van der Waals surface area contributed by atoms with Gasteiger partial charge in [0.2, 0.25) is 5.91 Å². The van der Waals surface area contributed by atoms with Crippen molar-refractivity contribution in [3.05, 3.63) is 24.3 Å². The van der Waals surface area contributed by atoms with Crippen molar-refractivity contribution in [2.24, 2.45) is 0 Å². The molecular weight excluding hydrogens is 366 g/mol. The number of amides is 3. The van der Waals surface area contributed by atoms with E-state index >= 15 is 0 Å². The van der Waals surface area contributed by atoms with E-state index in [1.54, 1.807) is 36.1 Å². The summed E-state index contributed by atoms with van der Waals surface area (Å²) in [5.74, 6) is 0.304. The second-order valence-electron chi connectivity index (χ2n) is 6.24. The Balaban J connectivity index is 1.64. The number of carbonyl (C=O) groups is 3. The zero-order valence-corrected chi connectivity index (χ0v) is 16.2. The number of nitrogens with zero attached hydrogens (tertiary/aromatic N) is 1. The highest BCUT2D eigenvalue weighted by molar-refractivity contribution is 5.85. The Bertz CT molecular complexity index is 673. The molecule has 0 radical (unpaired) electrons. The Morgan fingerprint density at radius 2 is 1.79 bits per heavy atom. The van der Waals surface area contributed by atoms with Crippen molar-refractivity contribution in [1.82, 2.24) is 15.5 Å². The van der Waals surface area contributed by atoms with Crippen LogP contribution in [0.2, 0.25) is 0 Å². The van der Waals surface area contributed by atoms with Crippen LogP contribution in [0.1, 0.15) is 19.8 Å². The smallest absolute Gasteiger partial charge is 0.409 e. The normalized spacial score (nSPS) is 14.1. The van der Waals surface area contributed by atoms with Crippen LogP contribution in [0.4, 0.5) is 4.79 Å². The third-order valence-electron chi connectivity index (χ3n) is 4.26. The van der Waals surface area contributed by atoms with E-state index in [0.717, 1.165) is 0 Å². The first-order valence-corrected chi connectivity index (χ1v) is 9.27. The van der Waals surface area contributed by atoms with Gasteiger partial charge >= 0.3 is 6.09 Å². The maximum Gasteiger partial charge on any atom is 0.409 e. The monoisotopic (exact) mass is 393 g/mol. The minimum atomic E-state index is -0.404. The Labute approximate surface area is 164 Å². The summed E-state index contributed by atoms with van der Waals surface area (Å²) in [7, 11) is 1.52. The average molecular weight is 393 g/mol. The molecule has 28 heavy (non-hydrogen) atoms. The van der Waals surface area contributed by atoms with Crippen LogP contribution in [0.25, 0.3) is 0 Å². The molecule has 0 atom stereocenters. The van der Waals surface area contributed by atoms with Crippen LogP contribution in [0.3, 0.4) is 0 Å². The maximum atomic E-state index is 12.0. The van der Waals surface area contributed by atoms with Crippen molar-refractivity contribution in [1.29, 1.82) is 0 Å². The molecule has 2 rings (SSSR count). The number of hydrogen-bond donors (Lipinski definition) is 2. The van der Waals surface area contributed by atoms with Crippen LogP contribution in [0.15, 0.2) is 24.3 Å². The van der Waals surface area contributed by atoms with E-state index in [4.69, 9.17) is 14.2 Å². The summed E-state index contributed by atoms with van der Waals surface area (Å²) in [5.41, 5.74) is 0. The Kier molecular flexibility index (Phi) is 8.38. The molecule has 3 amide bonds. The summed E-state index contributed by atoms with van der Waals surface area (Å²) in [6.07, 6.45) is 0.972. The molecule has 0 bridgehead atoms. The maximum absolute atomic E-state index is 12.0. The number of hydrogen-bond acceptors (Lipinski definition) is 6. The van der Waals surface area contributed by atoms with Gasteiger partial charge < -0.3 is 29.7 Å². The molecule has 1 aliphatic heterocycles. The average Bonchev–Trinajstić information content (AvgIpc) is 2.71. The van der Waals surface area contributed by atoms with E-state index in [0.29, 0.717) is 44.0 Å². The number of methoxy groups -OCH3 is 1. The van der Waals surface area contributed by atoms with Crippen molar-refractivity contribution in [3.63, 3.8) is 0 Å². The Hall–Kier alpha value is -2.97. The van der Waals surface area contributed by atoms with Crippen molar-refractivity contribution < 1.29 is 28.6 Å². The van der Waals surface area contributed by atoms with E-state index < -0.39 is 5.91 Å². The second kappa shape index (κ2) is 11.0. The van der Waals surface area contributed by atoms with Crippen LogP contribution in [0.5, 0.6) is 11.5 Å². The fourth-order valence-corrected chi connectivity index (χ4v) is 2.81. The van der Waals surface area contributed by atoms with Crippen LogP contribution in [0, 0.1) is 0 Å². The number of benzene rings is 1. The van der Waals surface area contributed by atoms with Gasteiger partial charge in [0.15, 0.2) is 18.1 Å². The van der Waals surface area contributed by atoms with Gasteiger partial charge in [-0.25, -0.2) is 4.79 Å². The van der Waals surface area contributed by atoms with Gasteiger partial charge in [0.1, 0.15) is 0 Å². The molecule has 9 heteroatoms. The molecule has 0 saturated carbocycles. The molecule has 1 aromatic carbocycles. The predicted octanol–water partition coefficient (Wildman–Crippen LogP) is 0.927. The summed E-state index contributed by atoms with van der Waals surface area (Å²) in [4.78, 5) is 37.2. The predicted molar refractivity (Wildman–Crippen MR) is 101 cm³/mol. The fraction of sp³-hybridized carbons (Fsp3) is 0.526. The molecule has 154 valence electrons. The van der Waals surface area contributed by atoms with Crippen molar-refractivity contribution in [2.75, 3.05) is 40.0 Å². The molecule has 0 unspecified atom stereocenters. The molecule has 1 aliphatic rings. The van der Waals surface area contributed by atoms with Gasteiger partial charge in [0.25, 0.3) is 5.91 Å². The minimum Gasteiger partial charge on any atom is -0.493 e. The lowest BCUT2D eigenvalue weighted by atomic mass is 10.1. The van der Waals surface area contributed by atoms with Gasteiger partial charge in [-0.05, 0) is 31.9 Å². The Morgan fingerprint density at radius 1 is 1.11 bits per heavy atom. The van der Waals surface area contributed by atoms with Gasteiger partial charge in [-0.2, -0.15) is 0 Å². The first-order chi connectivity index (χ1) is 13.5. The third kappa shape index (κ3) is 6.64. The summed E-state index contributed by atoms with van der Waals surface area (Å²) in [6.45, 7) is 2.82. The first kappa shape index (κ1) is 21.3. The SMILES string of the molecule is CCOC(=O)N1CCC(NC(=O)CNC(=O)COc2ccccc2OC)CC1. The zero-order valence-electron chi connectivity index (χ0n) is 16.2. The van der Waals surface area contributed by atoms with Gasteiger partial charge in [-0.15, -0.1) is 0 Å². The zero-order chi connectivity index (χ0) is 20.4. The Morgan fingerprint density at radius 3 is 2.43 bits per heavy atom. The van der Waals surface area contributed by atoms with Gasteiger partial charge in [-0.1, -0.05) is 12.1 Å². The third-order valence-corrected chi connectivity index (χ3v) is 4.26. The highest BCUT2D eigenvalue weighted by Crippen LogP contribution is 2.25. The molecule has 2 N–H and O–H groups in total. The number of carbonyl (C=O) groups excluding carboxylic acids is 3. The van der Waals surface area contributed by atoms with Crippen LogP contribution in [-0.2, 0) is 14.3 Å². The topological polar surface area (TPSA) is 106 Å². The van der Waals surface area contributed by atoms with Crippen LogP contribution < -0.4 is 20.1 Å².